The van der Waals surface area contributed by atoms with Crippen LogP contribution in [0.1, 0.15) is 75.0 Å². The Morgan fingerprint density at radius 3 is 2.53 bits per heavy atom. The second-order valence-electron chi connectivity index (χ2n) is 10.8. The largest absolute Gasteiger partial charge is 0.465 e. The van der Waals surface area contributed by atoms with E-state index in [1.54, 1.807) is 36.4 Å². The Hall–Kier alpha value is -3.55. The third-order valence-corrected chi connectivity index (χ3v) is 9.22. The van der Waals surface area contributed by atoms with E-state index in [2.05, 4.69) is 10.2 Å². The molecule has 0 spiro atoms. The van der Waals surface area contributed by atoms with Gasteiger partial charge in [0.05, 0.1) is 31.2 Å². The number of amides is 2. The monoisotopic (exact) mass is 677 g/mol. The molecule has 3 aromatic rings. The number of rotatable bonds is 9. The van der Waals surface area contributed by atoms with Gasteiger partial charge in [0, 0.05) is 27.7 Å². The molecular formula is C31H30Cl2FN3O7S. The molecular weight excluding hydrogens is 648 g/mol. The van der Waals surface area contributed by atoms with E-state index in [0.717, 1.165) is 18.6 Å². The molecule has 1 fully saturated rings. The molecule has 1 aliphatic heterocycles. The molecule has 0 saturated heterocycles. The van der Waals surface area contributed by atoms with E-state index in [1.807, 2.05) is 0 Å². The highest BCUT2D eigenvalue weighted by molar-refractivity contribution is 7.70. The summed E-state index contributed by atoms with van der Waals surface area (Å²) in [5.74, 6) is -3.61. The maximum atomic E-state index is 14.7. The Labute approximate surface area is 270 Å². The average molecular weight is 679 g/mol. The number of nitrogens with zero attached hydrogens (tertiary/aromatic N) is 1. The molecule has 10 nitrogen and oxygen atoms in total. The van der Waals surface area contributed by atoms with Crippen LogP contribution in [0.4, 0.5) is 4.39 Å². The van der Waals surface area contributed by atoms with Crippen LogP contribution in [0.25, 0.3) is 0 Å². The SMILES string of the molecule is COC(=O)c1cccc(CONC(=O)[C@@H]2c3cc(F)ccc3C(=O)N([C@H]3CCCC[C@@H]3N[SH](=O)=O)[C@H]2c2ccc(Cl)cc2Cl)c1. The average Bonchev–Trinajstić information content (AvgIpc) is 3.01. The lowest BCUT2D eigenvalue weighted by Crippen LogP contribution is -2.58. The molecule has 3 aromatic carbocycles. The molecule has 1 saturated carbocycles. The lowest BCUT2D eigenvalue weighted by molar-refractivity contribution is -0.138. The number of hydroxylamine groups is 1. The molecule has 0 radical (unpaired) electrons. The number of methoxy groups -OCH3 is 1. The van der Waals surface area contributed by atoms with Gasteiger partial charge in [-0.05, 0) is 72.0 Å². The zero-order valence-corrected chi connectivity index (χ0v) is 26.4. The first-order valence-corrected chi connectivity index (χ1v) is 16.1. The van der Waals surface area contributed by atoms with Crippen molar-refractivity contribution in [3.05, 3.63) is 104 Å². The van der Waals surface area contributed by atoms with Gasteiger partial charge in [-0.15, -0.1) is 0 Å². The van der Waals surface area contributed by atoms with Crippen molar-refractivity contribution in [2.75, 3.05) is 7.11 Å². The van der Waals surface area contributed by atoms with Crippen molar-refractivity contribution in [1.82, 2.24) is 15.1 Å². The van der Waals surface area contributed by atoms with Gasteiger partial charge in [0.2, 0.25) is 10.9 Å². The molecule has 2 N–H and O–H groups in total. The summed E-state index contributed by atoms with van der Waals surface area (Å²) in [5, 5.41) is 0.488. The Morgan fingerprint density at radius 2 is 1.80 bits per heavy atom. The third kappa shape index (κ3) is 7.15. The predicted molar refractivity (Wildman–Crippen MR) is 165 cm³/mol. The van der Waals surface area contributed by atoms with E-state index in [4.69, 9.17) is 32.8 Å². The van der Waals surface area contributed by atoms with E-state index in [9.17, 15) is 27.2 Å². The van der Waals surface area contributed by atoms with Gasteiger partial charge in [-0.1, -0.05) is 54.2 Å². The summed E-state index contributed by atoms with van der Waals surface area (Å²) in [5.41, 5.74) is 3.88. The second-order valence-corrected chi connectivity index (χ2v) is 12.4. The van der Waals surface area contributed by atoms with Crippen molar-refractivity contribution in [1.29, 1.82) is 0 Å². The Kier molecular flexibility index (Phi) is 10.4. The molecule has 0 bridgehead atoms. The van der Waals surface area contributed by atoms with Crippen LogP contribution in [0.2, 0.25) is 10.0 Å². The van der Waals surface area contributed by atoms with Gasteiger partial charge in [-0.3, -0.25) is 14.4 Å². The molecule has 0 unspecified atom stereocenters. The zero-order chi connectivity index (χ0) is 32.2. The number of thiol groups is 1. The summed E-state index contributed by atoms with van der Waals surface area (Å²) in [6.45, 7) is -0.126. The van der Waals surface area contributed by atoms with Crippen molar-refractivity contribution in [3.63, 3.8) is 0 Å². The maximum Gasteiger partial charge on any atom is 0.337 e. The summed E-state index contributed by atoms with van der Waals surface area (Å²) >= 11 is 12.9. The Morgan fingerprint density at radius 1 is 1.02 bits per heavy atom. The van der Waals surface area contributed by atoms with Crippen LogP contribution in [0.5, 0.6) is 0 Å². The first kappa shape index (κ1) is 32.8. The topological polar surface area (TPSA) is 131 Å². The Balaban J connectivity index is 1.57. The summed E-state index contributed by atoms with van der Waals surface area (Å²) in [6, 6.07) is 12.3. The molecule has 0 aromatic heterocycles. The van der Waals surface area contributed by atoms with Crippen LogP contribution < -0.4 is 10.2 Å². The van der Waals surface area contributed by atoms with E-state index in [0.29, 0.717) is 41.0 Å². The highest BCUT2D eigenvalue weighted by atomic mass is 35.5. The van der Waals surface area contributed by atoms with Crippen LogP contribution in [0.15, 0.2) is 60.7 Å². The predicted octanol–water partition coefficient (Wildman–Crippen LogP) is 4.88. The van der Waals surface area contributed by atoms with Crippen LogP contribution in [0.3, 0.4) is 0 Å². The molecule has 14 heteroatoms. The number of halogens is 3. The van der Waals surface area contributed by atoms with Crippen LogP contribution in [-0.4, -0.2) is 50.3 Å². The number of esters is 1. The molecule has 2 amide bonds. The van der Waals surface area contributed by atoms with Gasteiger partial charge in [0.15, 0.2) is 0 Å². The van der Waals surface area contributed by atoms with E-state index < -0.39 is 58.5 Å². The second kappa shape index (κ2) is 14.3. The highest BCUT2D eigenvalue weighted by Crippen LogP contribution is 2.48. The number of carbonyl (C=O) groups excluding carboxylic acids is 3. The van der Waals surface area contributed by atoms with Gasteiger partial charge in [-0.2, -0.15) is 0 Å². The van der Waals surface area contributed by atoms with E-state index >= 15 is 0 Å². The van der Waals surface area contributed by atoms with Gasteiger partial charge >= 0.3 is 5.97 Å². The molecule has 5 rings (SSSR count). The summed E-state index contributed by atoms with van der Waals surface area (Å²) in [7, 11) is -1.73. The van der Waals surface area contributed by atoms with Crippen molar-refractivity contribution < 1.29 is 36.8 Å². The molecule has 1 aliphatic carbocycles. The van der Waals surface area contributed by atoms with Crippen LogP contribution in [-0.2, 0) is 31.9 Å². The Bertz CT molecular complexity index is 1700. The molecule has 4 atom stereocenters. The van der Waals surface area contributed by atoms with Gasteiger partial charge < -0.3 is 9.64 Å². The van der Waals surface area contributed by atoms with Crippen LogP contribution >= 0.6 is 23.2 Å². The molecule has 238 valence electrons. The lowest BCUT2D eigenvalue weighted by Gasteiger charge is -2.49. The van der Waals surface area contributed by atoms with Crippen molar-refractivity contribution in [3.8, 4) is 0 Å². The molecule has 45 heavy (non-hydrogen) atoms. The number of fused-ring (bicyclic) bond motifs is 1. The fraction of sp³-hybridized carbons (Fsp3) is 0.323. The van der Waals surface area contributed by atoms with Crippen molar-refractivity contribution in [2.45, 2.75) is 56.3 Å². The van der Waals surface area contributed by atoms with Gasteiger partial charge in [-0.25, -0.2) is 27.8 Å². The quantitative estimate of drug-likeness (QED) is 0.167. The maximum absolute atomic E-state index is 14.7. The van der Waals surface area contributed by atoms with Crippen LogP contribution in [0, 0.1) is 5.82 Å². The smallest absolute Gasteiger partial charge is 0.337 e. The summed E-state index contributed by atoms with van der Waals surface area (Å²) in [4.78, 5) is 47.3. The third-order valence-electron chi connectivity index (χ3n) is 8.11. The number of hydrogen-bond donors (Lipinski definition) is 3. The van der Waals surface area contributed by atoms with E-state index in [-0.39, 0.29) is 22.8 Å². The number of hydrogen-bond acceptors (Lipinski definition) is 7. The fourth-order valence-electron chi connectivity index (χ4n) is 6.18. The van der Waals surface area contributed by atoms with Crippen molar-refractivity contribution in [2.24, 2.45) is 0 Å². The minimum absolute atomic E-state index is 0.0968. The van der Waals surface area contributed by atoms with Crippen molar-refractivity contribution >= 4 is 51.9 Å². The normalized spacial score (nSPS) is 21.4. The van der Waals surface area contributed by atoms with Gasteiger partial charge in [0.25, 0.3) is 11.8 Å². The number of nitrogens with one attached hydrogen (secondary N) is 2. The number of carbonyl (C=O) groups is 3. The minimum Gasteiger partial charge on any atom is -0.465 e. The van der Waals surface area contributed by atoms with Gasteiger partial charge in [0.1, 0.15) is 5.82 Å². The standard InChI is InChI=1S/C31H30Cl2FN3O7S/c1-43-31(40)18-6-4-5-17(13-18)16-44-35-29(38)27-23-15-20(34)10-12-21(23)30(39)37(26-8-3-2-7-25(26)36-45(41)42)28(27)22-11-9-19(32)14-24(22)33/h4-6,9-15,25-28,45H,2-3,7-8,16H2,1H3,(H,35,38)(H,36,41,42)/t25-,26-,27+,28-/m0/s1. The number of ether oxygens (including phenoxy) is 1. The lowest BCUT2D eigenvalue weighted by atomic mass is 9.76. The molecule has 2 aliphatic rings. The molecule has 1 heterocycles. The fourth-order valence-corrected chi connectivity index (χ4v) is 7.28. The first-order chi connectivity index (χ1) is 21.6. The number of benzene rings is 3. The van der Waals surface area contributed by atoms with E-state index in [1.165, 1.54) is 24.1 Å². The highest BCUT2D eigenvalue weighted by Gasteiger charge is 2.49. The minimum atomic E-state index is -2.99. The zero-order valence-electron chi connectivity index (χ0n) is 24.0. The first-order valence-electron chi connectivity index (χ1n) is 14.2. The summed E-state index contributed by atoms with van der Waals surface area (Å²) < 4.78 is 45.6. The summed E-state index contributed by atoms with van der Waals surface area (Å²) in [6.07, 6.45) is 2.37.